The molecule has 2 heterocycles. The van der Waals surface area contributed by atoms with E-state index < -0.39 is 0 Å². The predicted octanol–water partition coefficient (Wildman–Crippen LogP) is 1.13. The first-order valence-corrected chi connectivity index (χ1v) is 10.9. The molecule has 180 valence electrons. The number of carbonyl (C=O) groups is 1. The average molecular weight is 561 g/mol. The Kier molecular flexibility index (Phi) is 11.3. The Labute approximate surface area is 208 Å². The molecule has 1 amide bonds. The number of benzene rings is 1. The fraction of sp³-hybridized carbons (Fsp3) is 0.636. The first-order chi connectivity index (χ1) is 15.1. The number of aliphatic imine (C=N–C) groups is 1. The van der Waals surface area contributed by atoms with Crippen molar-refractivity contribution in [2.24, 2.45) is 4.99 Å². The molecule has 1 N–H and O–H groups in total. The van der Waals surface area contributed by atoms with Crippen LogP contribution in [0.3, 0.4) is 0 Å². The second-order valence-corrected chi connectivity index (χ2v) is 7.79. The minimum atomic E-state index is -0.0312. The highest BCUT2D eigenvalue weighted by atomic mass is 127. The fourth-order valence-electron chi connectivity index (χ4n) is 3.74. The number of rotatable bonds is 7. The topological polar surface area (TPSA) is 78.9 Å². The van der Waals surface area contributed by atoms with Crippen LogP contribution in [0.5, 0.6) is 11.5 Å². The third kappa shape index (κ3) is 7.96. The second kappa shape index (κ2) is 13.7. The van der Waals surface area contributed by atoms with Crippen LogP contribution in [0.4, 0.5) is 0 Å². The van der Waals surface area contributed by atoms with Gasteiger partial charge in [0.25, 0.3) is 0 Å². The highest BCUT2D eigenvalue weighted by molar-refractivity contribution is 14.0. The van der Waals surface area contributed by atoms with Crippen LogP contribution in [0.25, 0.3) is 0 Å². The van der Waals surface area contributed by atoms with E-state index in [9.17, 15) is 4.79 Å². The molecule has 0 aromatic heterocycles. The molecular weight excluding hydrogens is 525 g/mol. The van der Waals surface area contributed by atoms with Gasteiger partial charge in [0.1, 0.15) is 17.6 Å². The summed E-state index contributed by atoms with van der Waals surface area (Å²) >= 11 is 0. The lowest BCUT2D eigenvalue weighted by molar-refractivity contribution is -0.136. The molecule has 3 rings (SSSR count). The van der Waals surface area contributed by atoms with E-state index >= 15 is 0 Å². The lowest BCUT2D eigenvalue weighted by Crippen LogP contribution is -2.55. The third-order valence-corrected chi connectivity index (χ3v) is 5.53. The van der Waals surface area contributed by atoms with E-state index in [0.717, 1.165) is 43.6 Å². The number of hydrogen-bond acceptors (Lipinski definition) is 6. The number of morpholine rings is 1. The van der Waals surface area contributed by atoms with Crippen molar-refractivity contribution in [3.05, 3.63) is 24.3 Å². The van der Waals surface area contributed by atoms with Gasteiger partial charge < -0.3 is 29.3 Å². The van der Waals surface area contributed by atoms with E-state index in [1.54, 1.807) is 14.2 Å². The molecule has 0 bridgehead atoms. The van der Waals surface area contributed by atoms with Crippen LogP contribution >= 0.6 is 24.0 Å². The number of carbonyl (C=O) groups excluding carboxylic acids is 1. The van der Waals surface area contributed by atoms with Gasteiger partial charge in [0.15, 0.2) is 5.96 Å². The molecule has 10 heteroatoms. The number of hydrogen-bond donors (Lipinski definition) is 1. The molecule has 0 spiro atoms. The van der Waals surface area contributed by atoms with Gasteiger partial charge in [-0.2, -0.15) is 0 Å². The van der Waals surface area contributed by atoms with Crippen molar-refractivity contribution >= 4 is 35.8 Å². The molecule has 2 fully saturated rings. The van der Waals surface area contributed by atoms with Crippen molar-refractivity contribution < 1.29 is 19.0 Å². The number of ether oxygens (including phenoxy) is 3. The molecule has 1 aromatic rings. The summed E-state index contributed by atoms with van der Waals surface area (Å²) in [7, 11) is 3.44. The molecule has 32 heavy (non-hydrogen) atoms. The molecule has 2 aliphatic heterocycles. The van der Waals surface area contributed by atoms with Gasteiger partial charge in [0.2, 0.25) is 5.91 Å². The quantitative estimate of drug-likeness (QED) is 0.304. The number of piperazine rings is 1. The Morgan fingerprint density at radius 3 is 2.47 bits per heavy atom. The van der Waals surface area contributed by atoms with Gasteiger partial charge in [0, 0.05) is 52.4 Å². The molecule has 1 aromatic carbocycles. The average Bonchev–Trinajstić information content (AvgIpc) is 2.81. The molecule has 0 aliphatic carbocycles. The maximum atomic E-state index is 12.5. The number of guanidine groups is 1. The van der Waals surface area contributed by atoms with Gasteiger partial charge in [-0.3, -0.25) is 14.7 Å². The standard InChI is InChI=1S/C22H35N5O4.HI/c1-18(31-20-6-4-5-19(15-20)29-3)16-24-22(23-2)27-9-7-25(8-10-27)17-21(28)26-11-13-30-14-12-26;/h4-6,15,18H,7-14,16-17H2,1-3H3,(H,23,24);1H. The molecule has 2 aliphatic rings. The van der Waals surface area contributed by atoms with Crippen molar-refractivity contribution in [1.29, 1.82) is 0 Å². The van der Waals surface area contributed by atoms with Gasteiger partial charge >= 0.3 is 0 Å². The van der Waals surface area contributed by atoms with Crippen LogP contribution in [0.2, 0.25) is 0 Å². The second-order valence-electron chi connectivity index (χ2n) is 7.79. The van der Waals surface area contributed by atoms with E-state index in [2.05, 4.69) is 20.1 Å². The lowest BCUT2D eigenvalue weighted by Gasteiger charge is -2.37. The Morgan fingerprint density at radius 2 is 1.81 bits per heavy atom. The maximum absolute atomic E-state index is 12.5. The van der Waals surface area contributed by atoms with Crippen LogP contribution in [0.15, 0.2) is 29.3 Å². The smallest absolute Gasteiger partial charge is 0.236 e. The Hall–Kier alpha value is -1.79. The summed E-state index contributed by atoms with van der Waals surface area (Å²) in [4.78, 5) is 23.2. The third-order valence-electron chi connectivity index (χ3n) is 5.53. The number of halogens is 1. The molecule has 0 saturated carbocycles. The predicted molar refractivity (Wildman–Crippen MR) is 135 cm³/mol. The summed E-state index contributed by atoms with van der Waals surface area (Å²) in [6.07, 6.45) is -0.0312. The number of nitrogens with one attached hydrogen (secondary N) is 1. The monoisotopic (exact) mass is 561 g/mol. The molecule has 1 unspecified atom stereocenters. The summed E-state index contributed by atoms with van der Waals surface area (Å²) in [5.74, 6) is 2.61. The van der Waals surface area contributed by atoms with Crippen LogP contribution in [0, 0.1) is 0 Å². The maximum Gasteiger partial charge on any atom is 0.236 e. The Balaban J connectivity index is 0.00000363. The Morgan fingerprint density at radius 1 is 1.12 bits per heavy atom. The lowest BCUT2D eigenvalue weighted by atomic mass is 10.3. The molecule has 2 saturated heterocycles. The summed E-state index contributed by atoms with van der Waals surface area (Å²) < 4.78 is 16.6. The van der Waals surface area contributed by atoms with E-state index in [1.807, 2.05) is 36.1 Å². The van der Waals surface area contributed by atoms with Crippen molar-refractivity contribution in [2.75, 3.05) is 79.7 Å². The highest BCUT2D eigenvalue weighted by Crippen LogP contribution is 2.19. The van der Waals surface area contributed by atoms with Crippen molar-refractivity contribution in [3.63, 3.8) is 0 Å². The van der Waals surface area contributed by atoms with Gasteiger partial charge in [-0.25, -0.2) is 0 Å². The molecular formula is C22H36IN5O4. The first-order valence-electron chi connectivity index (χ1n) is 10.9. The summed E-state index contributed by atoms with van der Waals surface area (Å²) in [5, 5.41) is 3.41. The normalized spacial score (nSPS) is 18.5. The Bertz CT molecular complexity index is 737. The van der Waals surface area contributed by atoms with Crippen LogP contribution < -0.4 is 14.8 Å². The zero-order valence-corrected chi connectivity index (χ0v) is 21.6. The van der Waals surface area contributed by atoms with Crippen LogP contribution in [-0.4, -0.2) is 112 Å². The summed E-state index contributed by atoms with van der Waals surface area (Å²) in [6, 6.07) is 7.61. The van der Waals surface area contributed by atoms with Crippen molar-refractivity contribution in [3.8, 4) is 11.5 Å². The summed E-state index contributed by atoms with van der Waals surface area (Å²) in [6.45, 7) is 9.17. The van der Waals surface area contributed by atoms with Gasteiger partial charge in [0.05, 0.1) is 33.4 Å². The van der Waals surface area contributed by atoms with Gasteiger partial charge in [-0.1, -0.05) is 6.07 Å². The van der Waals surface area contributed by atoms with Crippen molar-refractivity contribution in [1.82, 2.24) is 20.0 Å². The minimum absolute atomic E-state index is 0. The number of methoxy groups -OCH3 is 1. The molecule has 9 nitrogen and oxygen atoms in total. The SMILES string of the molecule is CN=C(NCC(C)Oc1cccc(OC)c1)N1CCN(CC(=O)N2CCOCC2)CC1.I. The molecule has 1 atom stereocenters. The van der Waals surface area contributed by atoms with E-state index in [0.29, 0.717) is 39.4 Å². The first kappa shape index (κ1) is 26.5. The van der Waals surface area contributed by atoms with E-state index in [4.69, 9.17) is 14.2 Å². The van der Waals surface area contributed by atoms with Gasteiger partial charge in [-0.05, 0) is 19.1 Å². The molecule has 0 radical (unpaired) electrons. The summed E-state index contributed by atoms with van der Waals surface area (Å²) in [5.41, 5.74) is 0. The zero-order chi connectivity index (χ0) is 22.1. The highest BCUT2D eigenvalue weighted by Gasteiger charge is 2.24. The fourth-order valence-corrected chi connectivity index (χ4v) is 3.74. The van der Waals surface area contributed by atoms with Crippen molar-refractivity contribution in [2.45, 2.75) is 13.0 Å². The number of nitrogens with zero attached hydrogens (tertiary/aromatic N) is 4. The minimum Gasteiger partial charge on any atom is -0.497 e. The van der Waals surface area contributed by atoms with Gasteiger partial charge in [-0.15, -0.1) is 24.0 Å². The zero-order valence-electron chi connectivity index (χ0n) is 19.3. The van der Waals surface area contributed by atoms with Crippen LogP contribution in [-0.2, 0) is 9.53 Å². The van der Waals surface area contributed by atoms with E-state index in [1.165, 1.54) is 0 Å². The number of amides is 1. The largest absolute Gasteiger partial charge is 0.497 e. The van der Waals surface area contributed by atoms with Crippen LogP contribution in [0.1, 0.15) is 6.92 Å². The van der Waals surface area contributed by atoms with E-state index in [-0.39, 0.29) is 36.0 Å².